The van der Waals surface area contributed by atoms with Gasteiger partial charge in [-0.2, -0.15) is 0 Å². The van der Waals surface area contributed by atoms with Crippen molar-refractivity contribution in [2.45, 2.75) is 45.4 Å². The quantitative estimate of drug-likeness (QED) is 0.868. The molecule has 0 radical (unpaired) electrons. The van der Waals surface area contributed by atoms with Crippen molar-refractivity contribution in [1.82, 2.24) is 4.90 Å². The number of carbonyl (C=O) groups is 2. The maximum absolute atomic E-state index is 12.5. The van der Waals surface area contributed by atoms with E-state index in [2.05, 4.69) is 25.1 Å². The summed E-state index contributed by atoms with van der Waals surface area (Å²) in [7, 11) is 0. The molecule has 3 aliphatic rings. The van der Waals surface area contributed by atoms with Gasteiger partial charge in [0, 0.05) is 37.7 Å². The van der Waals surface area contributed by atoms with Crippen molar-refractivity contribution in [2.75, 3.05) is 19.6 Å². The minimum Gasteiger partial charge on any atom is -0.481 e. The third-order valence-corrected chi connectivity index (χ3v) is 6.28. The summed E-state index contributed by atoms with van der Waals surface area (Å²) in [4.78, 5) is 30.7. The number of piperidine rings is 1. The Morgan fingerprint density at radius 3 is 2.78 bits per heavy atom. The first kappa shape index (κ1) is 18.2. The van der Waals surface area contributed by atoms with Crippen LogP contribution >= 0.6 is 0 Å². The summed E-state index contributed by atoms with van der Waals surface area (Å²) in [6.45, 7) is 4.27. The summed E-state index contributed by atoms with van der Waals surface area (Å²) in [6, 6.07) is 6.54. The number of hydrogen-bond donors (Lipinski definition) is 1. The van der Waals surface area contributed by atoms with Crippen molar-refractivity contribution in [1.29, 1.82) is 0 Å². The molecule has 2 fully saturated rings. The lowest BCUT2D eigenvalue weighted by Gasteiger charge is -2.39. The zero-order chi connectivity index (χ0) is 19.0. The second-order valence-corrected chi connectivity index (χ2v) is 8.41. The van der Waals surface area contributed by atoms with Crippen molar-refractivity contribution in [3.8, 4) is 0 Å². The van der Waals surface area contributed by atoms with E-state index in [0.29, 0.717) is 13.1 Å². The molecule has 1 saturated carbocycles. The number of carboxylic acids is 1. The highest BCUT2D eigenvalue weighted by atomic mass is 16.4. The number of benzene rings is 1. The normalized spacial score (nSPS) is 24.9. The largest absolute Gasteiger partial charge is 0.481 e. The van der Waals surface area contributed by atoms with E-state index in [1.165, 1.54) is 16.7 Å². The average Bonchev–Trinajstić information content (AvgIpc) is 3.48. The predicted octanol–water partition coefficient (Wildman–Crippen LogP) is 3.08. The van der Waals surface area contributed by atoms with Crippen molar-refractivity contribution in [3.05, 3.63) is 34.9 Å². The summed E-state index contributed by atoms with van der Waals surface area (Å²) in [6.07, 6.45) is 4.72. The molecule has 1 aromatic carbocycles. The maximum atomic E-state index is 12.5. The number of rotatable bonds is 5. The van der Waals surface area contributed by atoms with E-state index in [1.807, 2.05) is 4.90 Å². The van der Waals surface area contributed by atoms with E-state index in [4.69, 9.17) is 4.99 Å². The van der Waals surface area contributed by atoms with E-state index in [0.717, 1.165) is 44.4 Å². The lowest BCUT2D eigenvalue weighted by molar-refractivity contribution is -0.140. The van der Waals surface area contributed by atoms with Crippen molar-refractivity contribution in [3.63, 3.8) is 0 Å². The molecule has 1 amide bonds. The van der Waals surface area contributed by atoms with Crippen LogP contribution in [0.25, 0.3) is 0 Å². The molecule has 2 heterocycles. The molecule has 1 saturated heterocycles. The first-order valence-corrected chi connectivity index (χ1v) is 10.1. The Morgan fingerprint density at radius 2 is 2.04 bits per heavy atom. The molecule has 4 rings (SSSR count). The number of aliphatic carboxylic acids is 1. The first-order valence-electron chi connectivity index (χ1n) is 10.1. The molecule has 1 aromatic rings. The van der Waals surface area contributed by atoms with Crippen LogP contribution < -0.4 is 0 Å². The third-order valence-electron chi connectivity index (χ3n) is 6.28. The predicted molar refractivity (Wildman–Crippen MR) is 104 cm³/mol. The standard InChI is InChI=1S/C22H28N2O3/c1-14-2-3-15-6-8-23-20(19(15)10-14)11-18-13-24(22(27)16-4-5-16)9-7-17(18)12-21(25)26/h2-3,10,16-18H,4-9,11-13H2,1H3,(H,25,26)/t17-,18-/m0/s1. The fourth-order valence-corrected chi connectivity index (χ4v) is 4.59. The molecular weight excluding hydrogens is 340 g/mol. The zero-order valence-corrected chi connectivity index (χ0v) is 16.0. The Bertz CT molecular complexity index is 782. The third kappa shape index (κ3) is 4.07. The number of amides is 1. The lowest BCUT2D eigenvalue weighted by atomic mass is 9.78. The number of likely N-dealkylation sites (tertiary alicyclic amines) is 1. The lowest BCUT2D eigenvalue weighted by Crippen LogP contribution is -2.45. The smallest absolute Gasteiger partial charge is 0.303 e. The number of carbonyl (C=O) groups excluding carboxylic acids is 1. The molecule has 0 unspecified atom stereocenters. The number of hydrogen-bond acceptors (Lipinski definition) is 3. The fraction of sp³-hybridized carbons (Fsp3) is 0.591. The Morgan fingerprint density at radius 1 is 1.22 bits per heavy atom. The molecule has 0 bridgehead atoms. The minimum absolute atomic E-state index is 0.114. The molecule has 1 aliphatic carbocycles. The topological polar surface area (TPSA) is 70.0 Å². The molecule has 2 aliphatic heterocycles. The average molecular weight is 368 g/mol. The van der Waals surface area contributed by atoms with Crippen LogP contribution in [0.3, 0.4) is 0 Å². The summed E-state index contributed by atoms with van der Waals surface area (Å²) in [5.41, 5.74) is 4.88. The number of nitrogens with zero attached hydrogens (tertiary/aromatic N) is 2. The summed E-state index contributed by atoms with van der Waals surface area (Å²) in [5.74, 6) is 0.0351. The highest BCUT2D eigenvalue weighted by Crippen LogP contribution is 2.36. The Kier molecular flexibility index (Phi) is 5.02. The zero-order valence-electron chi connectivity index (χ0n) is 16.0. The van der Waals surface area contributed by atoms with E-state index < -0.39 is 5.97 Å². The fourth-order valence-electron chi connectivity index (χ4n) is 4.59. The van der Waals surface area contributed by atoms with Gasteiger partial charge in [-0.15, -0.1) is 0 Å². The molecule has 5 heteroatoms. The molecule has 0 spiro atoms. The maximum Gasteiger partial charge on any atom is 0.303 e. The van der Waals surface area contributed by atoms with Crippen LogP contribution in [0.4, 0.5) is 0 Å². The van der Waals surface area contributed by atoms with Gasteiger partial charge in [-0.05, 0) is 68.1 Å². The van der Waals surface area contributed by atoms with Gasteiger partial charge < -0.3 is 10.0 Å². The Balaban J connectivity index is 1.54. The van der Waals surface area contributed by atoms with Crippen LogP contribution in [0.5, 0.6) is 0 Å². The van der Waals surface area contributed by atoms with Crippen LogP contribution in [0, 0.1) is 24.7 Å². The van der Waals surface area contributed by atoms with Gasteiger partial charge in [-0.3, -0.25) is 14.6 Å². The van der Waals surface area contributed by atoms with E-state index >= 15 is 0 Å². The highest BCUT2D eigenvalue weighted by molar-refractivity contribution is 6.03. The van der Waals surface area contributed by atoms with Gasteiger partial charge in [0.1, 0.15) is 0 Å². The Labute approximate surface area is 160 Å². The number of aryl methyl sites for hydroxylation is 1. The van der Waals surface area contributed by atoms with Crippen LogP contribution in [0.1, 0.15) is 48.8 Å². The van der Waals surface area contributed by atoms with Gasteiger partial charge >= 0.3 is 5.97 Å². The molecular formula is C22H28N2O3. The molecule has 27 heavy (non-hydrogen) atoms. The molecule has 1 N–H and O–H groups in total. The van der Waals surface area contributed by atoms with Crippen LogP contribution in [0.15, 0.2) is 23.2 Å². The first-order chi connectivity index (χ1) is 13.0. The summed E-state index contributed by atoms with van der Waals surface area (Å²) < 4.78 is 0. The van der Waals surface area contributed by atoms with Gasteiger partial charge in [-0.25, -0.2) is 0 Å². The molecule has 5 nitrogen and oxygen atoms in total. The van der Waals surface area contributed by atoms with Gasteiger partial charge in [0.15, 0.2) is 0 Å². The van der Waals surface area contributed by atoms with Gasteiger partial charge in [0.05, 0.1) is 0 Å². The van der Waals surface area contributed by atoms with Crippen LogP contribution in [-0.4, -0.2) is 47.2 Å². The highest BCUT2D eigenvalue weighted by Gasteiger charge is 2.39. The minimum atomic E-state index is -0.742. The molecule has 0 aromatic heterocycles. The second kappa shape index (κ2) is 7.45. The number of carboxylic acid groups (broad SMARTS) is 1. The van der Waals surface area contributed by atoms with E-state index in [9.17, 15) is 14.7 Å². The van der Waals surface area contributed by atoms with E-state index in [-0.39, 0.29) is 30.1 Å². The van der Waals surface area contributed by atoms with E-state index in [1.54, 1.807) is 0 Å². The second-order valence-electron chi connectivity index (χ2n) is 8.41. The van der Waals surface area contributed by atoms with Crippen molar-refractivity contribution >= 4 is 17.6 Å². The van der Waals surface area contributed by atoms with Crippen molar-refractivity contribution < 1.29 is 14.7 Å². The van der Waals surface area contributed by atoms with Gasteiger partial charge in [0.25, 0.3) is 0 Å². The summed E-state index contributed by atoms with van der Waals surface area (Å²) in [5, 5.41) is 9.35. The number of aliphatic imine (C=N–C) groups is 1. The van der Waals surface area contributed by atoms with Gasteiger partial charge in [-0.1, -0.05) is 17.7 Å². The van der Waals surface area contributed by atoms with Gasteiger partial charge in [0.2, 0.25) is 5.91 Å². The van der Waals surface area contributed by atoms with Crippen molar-refractivity contribution in [2.24, 2.45) is 22.7 Å². The monoisotopic (exact) mass is 368 g/mol. The van der Waals surface area contributed by atoms with Crippen LogP contribution in [0.2, 0.25) is 0 Å². The molecule has 2 atom stereocenters. The van der Waals surface area contributed by atoms with Crippen LogP contribution in [-0.2, 0) is 16.0 Å². The molecule has 144 valence electrons. The SMILES string of the molecule is Cc1ccc2c(c1)C(C[C@H]1CN(C(=O)C3CC3)CC[C@H]1CC(=O)O)=NCC2. The number of fused-ring (bicyclic) bond motifs is 1. The Hall–Kier alpha value is -2.17. The summed E-state index contributed by atoms with van der Waals surface area (Å²) >= 11 is 0.